The van der Waals surface area contributed by atoms with Crippen molar-refractivity contribution in [3.63, 3.8) is 0 Å². The first-order chi connectivity index (χ1) is 6.52. The summed E-state index contributed by atoms with van der Waals surface area (Å²) in [6, 6.07) is 4.87. The molecule has 15 heavy (non-hydrogen) atoms. The van der Waals surface area contributed by atoms with E-state index in [2.05, 4.69) is 0 Å². The van der Waals surface area contributed by atoms with Gasteiger partial charge in [-0.2, -0.15) is 0 Å². The maximum atomic E-state index is 10.9. The number of rotatable bonds is 1. The highest BCUT2D eigenvalue weighted by Crippen LogP contribution is 2.19. The van der Waals surface area contributed by atoms with Crippen molar-refractivity contribution in [2.45, 2.75) is 0 Å². The van der Waals surface area contributed by atoms with Crippen LogP contribution in [0.3, 0.4) is 0 Å². The summed E-state index contributed by atoms with van der Waals surface area (Å²) in [5, 5.41) is 16.2. The number of carbonyl (C=O) groups excluding carboxylic acids is 1. The molecule has 0 bridgehead atoms. The summed E-state index contributed by atoms with van der Waals surface area (Å²) in [4.78, 5) is 11.7. The predicted octanol–water partition coefficient (Wildman–Crippen LogP) is 0.593. The van der Waals surface area contributed by atoms with Crippen LogP contribution in [0.2, 0.25) is 0 Å². The van der Waals surface area contributed by atoms with Crippen molar-refractivity contribution < 1.29 is 9.90 Å². The number of hydrogen-bond acceptors (Lipinski definition) is 3. The molecule has 6 nitrogen and oxygen atoms in total. The van der Waals surface area contributed by atoms with Crippen LogP contribution in [0.4, 0.5) is 10.5 Å². The molecule has 6 N–H and O–H groups in total. The predicted molar refractivity (Wildman–Crippen MR) is 59.3 cm³/mol. The molecule has 0 aliphatic carbocycles. The van der Waals surface area contributed by atoms with Crippen LogP contribution in [0, 0.1) is 5.41 Å². The maximum absolute atomic E-state index is 10.9. The number of urea groups is 1. The van der Waals surface area contributed by atoms with Gasteiger partial charge in [0.05, 0.1) is 5.69 Å². The van der Waals surface area contributed by atoms with Crippen LogP contribution in [-0.2, 0) is 0 Å². The summed E-state index contributed by atoms with van der Waals surface area (Å²) in [6.07, 6.45) is 0. The summed E-state index contributed by atoms with van der Waals surface area (Å²) in [5.41, 5.74) is 10.4. The van der Waals surface area contributed by atoms with Gasteiger partial charge in [0, 0.05) is 6.07 Å². The first kappa shape index (κ1) is 13.1. The molecule has 7 heteroatoms. The number of nitrogens with one attached hydrogen (secondary N) is 1. The number of hydrogen-bond donors (Lipinski definition) is 4. The molecule has 0 fully saturated rings. The molecular weight excluding hydrogens is 220 g/mol. The number of carbonyl (C=O) groups is 1. The van der Waals surface area contributed by atoms with E-state index in [0.717, 1.165) is 4.90 Å². The Bertz CT molecular complexity index is 369. The van der Waals surface area contributed by atoms with E-state index in [0.29, 0.717) is 0 Å². The SMILES string of the molecule is Cl.N=C(N)N(C(N)=O)c1cccc(O)c1. The van der Waals surface area contributed by atoms with Gasteiger partial charge in [0.2, 0.25) is 5.96 Å². The van der Waals surface area contributed by atoms with Crippen LogP contribution in [0.25, 0.3) is 0 Å². The minimum absolute atomic E-state index is 0. The first-order valence-electron chi connectivity index (χ1n) is 3.75. The van der Waals surface area contributed by atoms with Crippen molar-refractivity contribution in [1.82, 2.24) is 0 Å². The molecule has 0 saturated heterocycles. The van der Waals surface area contributed by atoms with Crippen molar-refractivity contribution in [2.24, 2.45) is 11.5 Å². The number of phenols is 1. The Morgan fingerprint density at radius 2 is 2.00 bits per heavy atom. The number of nitrogens with two attached hydrogens (primary N) is 2. The van der Waals surface area contributed by atoms with E-state index in [9.17, 15) is 4.79 Å². The molecule has 1 aromatic carbocycles. The van der Waals surface area contributed by atoms with Crippen LogP contribution in [0.1, 0.15) is 0 Å². The quantitative estimate of drug-likeness (QED) is 0.418. The number of halogens is 1. The molecule has 2 amide bonds. The molecular formula is C8H11ClN4O2. The second-order valence-corrected chi connectivity index (χ2v) is 2.58. The lowest BCUT2D eigenvalue weighted by Crippen LogP contribution is -2.44. The molecule has 0 atom stereocenters. The lowest BCUT2D eigenvalue weighted by molar-refractivity contribution is 0.256. The molecule has 1 aromatic rings. The van der Waals surface area contributed by atoms with E-state index in [4.69, 9.17) is 22.0 Å². The first-order valence-corrected chi connectivity index (χ1v) is 3.75. The largest absolute Gasteiger partial charge is 0.508 e. The second-order valence-electron chi connectivity index (χ2n) is 2.58. The van der Waals surface area contributed by atoms with E-state index in [1.165, 1.54) is 24.3 Å². The number of primary amides is 1. The zero-order valence-electron chi connectivity index (χ0n) is 7.68. The number of aromatic hydroxyl groups is 1. The van der Waals surface area contributed by atoms with E-state index in [1.54, 1.807) is 0 Å². The fraction of sp³-hybridized carbons (Fsp3) is 0. The summed E-state index contributed by atoms with van der Waals surface area (Å²) in [7, 11) is 0. The number of guanidine groups is 1. The minimum Gasteiger partial charge on any atom is -0.508 e. The molecule has 0 heterocycles. The van der Waals surface area contributed by atoms with Gasteiger partial charge in [0.1, 0.15) is 5.75 Å². The average Bonchev–Trinajstić information content (AvgIpc) is 2.02. The lowest BCUT2D eigenvalue weighted by atomic mass is 10.3. The number of anilines is 1. The number of benzene rings is 1. The van der Waals surface area contributed by atoms with Gasteiger partial charge in [-0.3, -0.25) is 5.41 Å². The highest BCUT2D eigenvalue weighted by Gasteiger charge is 2.15. The van der Waals surface area contributed by atoms with Gasteiger partial charge in [0.15, 0.2) is 0 Å². The summed E-state index contributed by atoms with van der Waals surface area (Å²) in [5.74, 6) is -0.530. The zero-order chi connectivity index (χ0) is 10.7. The van der Waals surface area contributed by atoms with Crippen molar-refractivity contribution in [2.75, 3.05) is 4.90 Å². The van der Waals surface area contributed by atoms with Crippen LogP contribution in [0.5, 0.6) is 5.75 Å². The monoisotopic (exact) mass is 230 g/mol. The second kappa shape index (κ2) is 5.06. The third-order valence-corrected chi connectivity index (χ3v) is 1.55. The van der Waals surface area contributed by atoms with Crippen LogP contribution in [-0.4, -0.2) is 17.1 Å². The molecule has 0 aliphatic heterocycles. The van der Waals surface area contributed by atoms with Gasteiger partial charge in [-0.1, -0.05) is 6.07 Å². The van der Waals surface area contributed by atoms with Crippen LogP contribution < -0.4 is 16.4 Å². The number of phenolic OH excluding ortho intramolecular Hbond substituents is 1. The third kappa shape index (κ3) is 3.03. The molecule has 0 aromatic heterocycles. The van der Waals surface area contributed by atoms with E-state index < -0.39 is 12.0 Å². The Morgan fingerprint density at radius 1 is 1.40 bits per heavy atom. The van der Waals surface area contributed by atoms with Gasteiger partial charge < -0.3 is 16.6 Å². The van der Waals surface area contributed by atoms with E-state index >= 15 is 0 Å². The topological polar surface area (TPSA) is 116 Å². The molecule has 0 aliphatic rings. The van der Waals surface area contributed by atoms with Crippen molar-refractivity contribution >= 4 is 30.1 Å². The Morgan fingerprint density at radius 3 is 2.40 bits per heavy atom. The Balaban J connectivity index is 0.00000196. The van der Waals surface area contributed by atoms with Crippen molar-refractivity contribution in [3.8, 4) is 5.75 Å². The minimum atomic E-state index is -0.872. The standard InChI is InChI=1S/C8H10N4O2.ClH/c9-7(10)12(8(11)14)5-2-1-3-6(13)4-5;/h1-4,13H,(H3,9,10)(H2,11,14);1H. The average molecular weight is 231 g/mol. The van der Waals surface area contributed by atoms with Crippen LogP contribution in [0.15, 0.2) is 24.3 Å². The third-order valence-electron chi connectivity index (χ3n) is 1.55. The van der Waals surface area contributed by atoms with E-state index in [-0.39, 0.29) is 23.8 Å². The van der Waals surface area contributed by atoms with Crippen molar-refractivity contribution in [1.29, 1.82) is 5.41 Å². The van der Waals surface area contributed by atoms with Crippen molar-refractivity contribution in [3.05, 3.63) is 24.3 Å². The summed E-state index contributed by atoms with van der Waals surface area (Å²) in [6.45, 7) is 0. The normalized spacial score (nSPS) is 8.80. The number of nitrogens with zero attached hydrogens (tertiary/aromatic N) is 1. The Hall–Kier alpha value is -1.95. The Kier molecular flexibility index (Phi) is 4.40. The van der Waals surface area contributed by atoms with Gasteiger partial charge >= 0.3 is 6.03 Å². The van der Waals surface area contributed by atoms with Crippen LogP contribution >= 0.6 is 12.4 Å². The fourth-order valence-electron chi connectivity index (χ4n) is 1.02. The lowest BCUT2D eigenvalue weighted by Gasteiger charge is -2.17. The highest BCUT2D eigenvalue weighted by molar-refractivity contribution is 6.13. The smallest absolute Gasteiger partial charge is 0.326 e. The molecule has 0 spiro atoms. The molecule has 0 unspecified atom stereocenters. The van der Waals surface area contributed by atoms with Gasteiger partial charge in [-0.25, -0.2) is 9.69 Å². The molecule has 82 valence electrons. The fourth-order valence-corrected chi connectivity index (χ4v) is 1.02. The zero-order valence-corrected chi connectivity index (χ0v) is 8.49. The van der Waals surface area contributed by atoms with Gasteiger partial charge in [0.25, 0.3) is 0 Å². The summed E-state index contributed by atoms with van der Waals surface area (Å²) >= 11 is 0. The molecule has 0 saturated carbocycles. The molecule has 0 radical (unpaired) electrons. The molecule has 1 rings (SSSR count). The number of amides is 2. The van der Waals surface area contributed by atoms with Gasteiger partial charge in [-0.05, 0) is 12.1 Å². The van der Waals surface area contributed by atoms with Gasteiger partial charge in [-0.15, -0.1) is 12.4 Å². The Labute approximate surface area is 92.4 Å². The highest BCUT2D eigenvalue weighted by atomic mass is 35.5. The van der Waals surface area contributed by atoms with E-state index in [1.807, 2.05) is 0 Å². The summed E-state index contributed by atoms with van der Waals surface area (Å²) < 4.78 is 0. The maximum Gasteiger partial charge on any atom is 0.326 e.